The van der Waals surface area contributed by atoms with Gasteiger partial charge < -0.3 is 0 Å². The molecule has 0 N–H and O–H groups in total. The van der Waals surface area contributed by atoms with Crippen LogP contribution in [-0.2, 0) is 21.0 Å². The molecule has 2 fully saturated rings. The van der Waals surface area contributed by atoms with Crippen LogP contribution in [0.15, 0.2) is 84.9 Å². The van der Waals surface area contributed by atoms with E-state index in [0.29, 0.717) is 0 Å². The van der Waals surface area contributed by atoms with E-state index < -0.39 is 12.0 Å². The number of nitrogens with zero attached hydrogens (tertiary/aromatic N) is 2. The number of fused-ring (bicyclic) bond motifs is 1. The lowest BCUT2D eigenvalue weighted by atomic mass is 9.90. The normalized spacial score (nSPS) is 23.2. The zero-order valence-corrected chi connectivity index (χ0v) is 16.6. The van der Waals surface area contributed by atoms with E-state index in [4.69, 9.17) is 4.84 Å². The zero-order chi connectivity index (χ0) is 20.7. The fourth-order valence-electron chi connectivity index (χ4n) is 4.29. The molecular weight excluding hydrogens is 376 g/mol. The van der Waals surface area contributed by atoms with Crippen LogP contribution >= 0.6 is 0 Å². The summed E-state index contributed by atoms with van der Waals surface area (Å²) in [4.78, 5) is 34.1. The molecule has 0 aromatic heterocycles. The van der Waals surface area contributed by atoms with Gasteiger partial charge in [0.25, 0.3) is 5.91 Å². The first kappa shape index (κ1) is 18.6. The van der Waals surface area contributed by atoms with E-state index in [1.165, 1.54) is 4.90 Å². The number of hydrogen-bond acceptors (Lipinski definition) is 4. The molecule has 5 heteroatoms. The first-order valence-electron chi connectivity index (χ1n) is 10.1. The SMILES string of the molecule is Cc1ccc([C@H]2[C@@H]3C(=O)N(Cc4ccccc4)C(=O)[C@H]3ON2c2ccccc2)cc1. The van der Waals surface area contributed by atoms with Crippen LogP contribution in [0.2, 0.25) is 0 Å². The van der Waals surface area contributed by atoms with Crippen LogP contribution in [0.1, 0.15) is 22.7 Å². The van der Waals surface area contributed by atoms with Gasteiger partial charge in [0.2, 0.25) is 5.91 Å². The number of carbonyl (C=O) groups excluding carboxylic acids is 2. The maximum atomic E-state index is 13.4. The van der Waals surface area contributed by atoms with Gasteiger partial charge in [-0.2, -0.15) is 0 Å². The highest BCUT2D eigenvalue weighted by molar-refractivity contribution is 6.07. The molecule has 2 aliphatic heterocycles. The molecule has 0 bridgehead atoms. The van der Waals surface area contributed by atoms with Gasteiger partial charge in [-0.15, -0.1) is 0 Å². The van der Waals surface area contributed by atoms with Crippen LogP contribution in [0.25, 0.3) is 0 Å². The van der Waals surface area contributed by atoms with Crippen molar-refractivity contribution in [3.05, 3.63) is 102 Å². The molecule has 0 radical (unpaired) electrons. The molecular formula is C25H22N2O3. The highest BCUT2D eigenvalue weighted by Crippen LogP contribution is 2.46. The highest BCUT2D eigenvalue weighted by Gasteiger charge is 2.59. The quantitative estimate of drug-likeness (QED) is 0.623. The first-order valence-corrected chi connectivity index (χ1v) is 10.1. The number of hydrogen-bond donors (Lipinski definition) is 0. The number of anilines is 1. The highest BCUT2D eigenvalue weighted by atomic mass is 16.7. The Balaban J connectivity index is 1.52. The molecule has 5 rings (SSSR count). The Labute approximate surface area is 175 Å². The second-order valence-electron chi connectivity index (χ2n) is 7.82. The summed E-state index contributed by atoms with van der Waals surface area (Å²) in [6.45, 7) is 2.29. The Kier molecular flexibility index (Phi) is 4.60. The Morgan fingerprint density at radius 3 is 2.10 bits per heavy atom. The van der Waals surface area contributed by atoms with Gasteiger partial charge in [0.15, 0.2) is 6.10 Å². The van der Waals surface area contributed by atoms with Gasteiger partial charge in [0.1, 0.15) is 5.92 Å². The van der Waals surface area contributed by atoms with Gasteiger partial charge in [-0.3, -0.25) is 19.3 Å². The van der Waals surface area contributed by atoms with Crippen LogP contribution in [0.3, 0.4) is 0 Å². The number of para-hydroxylation sites is 1. The number of imide groups is 1. The summed E-state index contributed by atoms with van der Waals surface area (Å²) in [6.07, 6.45) is -0.812. The van der Waals surface area contributed by atoms with Crippen LogP contribution in [-0.4, -0.2) is 22.8 Å². The van der Waals surface area contributed by atoms with E-state index in [1.807, 2.05) is 91.9 Å². The monoisotopic (exact) mass is 398 g/mol. The topological polar surface area (TPSA) is 49.9 Å². The fraction of sp³-hybridized carbons (Fsp3) is 0.200. The largest absolute Gasteiger partial charge is 0.275 e. The maximum Gasteiger partial charge on any atom is 0.262 e. The van der Waals surface area contributed by atoms with Crippen molar-refractivity contribution in [2.45, 2.75) is 25.6 Å². The summed E-state index contributed by atoms with van der Waals surface area (Å²) in [5, 5.41) is 1.73. The number of aryl methyl sites for hydroxylation is 1. The Morgan fingerprint density at radius 2 is 1.43 bits per heavy atom. The van der Waals surface area contributed by atoms with Gasteiger partial charge in [-0.25, -0.2) is 5.06 Å². The van der Waals surface area contributed by atoms with E-state index in [-0.39, 0.29) is 24.4 Å². The van der Waals surface area contributed by atoms with E-state index in [1.54, 1.807) is 5.06 Å². The summed E-state index contributed by atoms with van der Waals surface area (Å²) in [5.41, 5.74) is 3.85. The molecule has 150 valence electrons. The van der Waals surface area contributed by atoms with E-state index in [0.717, 1.165) is 22.4 Å². The smallest absolute Gasteiger partial charge is 0.262 e. The van der Waals surface area contributed by atoms with Crippen molar-refractivity contribution in [3.63, 3.8) is 0 Å². The lowest BCUT2D eigenvalue weighted by molar-refractivity contribution is -0.143. The van der Waals surface area contributed by atoms with Gasteiger partial charge in [0, 0.05) is 0 Å². The van der Waals surface area contributed by atoms with Crippen molar-refractivity contribution in [2.75, 3.05) is 5.06 Å². The lowest BCUT2D eigenvalue weighted by Crippen LogP contribution is -2.36. The number of amides is 2. The minimum absolute atomic E-state index is 0.183. The third-order valence-electron chi connectivity index (χ3n) is 5.82. The summed E-state index contributed by atoms with van der Waals surface area (Å²) < 4.78 is 0. The average molecular weight is 398 g/mol. The second-order valence-corrected chi connectivity index (χ2v) is 7.82. The first-order chi connectivity index (χ1) is 14.6. The molecule has 2 heterocycles. The number of likely N-dealkylation sites (tertiary alicyclic amines) is 1. The Bertz CT molecular complexity index is 1070. The minimum atomic E-state index is -0.812. The van der Waals surface area contributed by atoms with Gasteiger partial charge in [0.05, 0.1) is 18.3 Å². The molecule has 3 atom stereocenters. The summed E-state index contributed by atoms with van der Waals surface area (Å²) in [5.74, 6) is -1.04. The molecule has 2 amide bonds. The summed E-state index contributed by atoms with van der Waals surface area (Å²) >= 11 is 0. The van der Waals surface area contributed by atoms with Crippen molar-refractivity contribution in [3.8, 4) is 0 Å². The van der Waals surface area contributed by atoms with Gasteiger partial charge in [-0.1, -0.05) is 78.4 Å². The molecule has 30 heavy (non-hydrogen) atoms. The second kappa shape index (κ2) is 7.43. The fourth-order valence-corrected chi connectivity index (χ4v) is 4.29. The molecule has 3 aromatic rings. The molecule has 0 unspecified atom stereocenters. The van der Waals surface area contributed by atoms with Crippen LogP contribution < -0.4 is 5.06 Å². The molecule has 2 saturated heterocycles. The number of carbonyl (C=O) groups is 2. The number of benzene rings is 3. The van der Waals surface area contributed by atoms with E-state index in [9.17, 15) is 9.59 Å². The minimum Gasteiger partial charge on any atom is -0.275 e. The Morgan fingerprint density at radius 1 is 0.800 bits per heavy atom. The van der Waals surface area contributed by atoms with Crippen molar-refractivity contribution < 1.29 is 14.4 Å². The zero-order valence-electron chi connectivity index (χ0n) is 16.6. The van der Waals surface area contributed by atoms with Crippen molar-refractivity contribution in [2.24, 2.45) is 5.92 Å². The van der Waals surface area contributed by atoms with Gasteiger partial charge >= 0.3 is 0 Å². The Hall–Kier alpha value is -3.44. The van der Waals surface area contributed by atoms with Crippen molar-refractivity contribution in [1.82, 2.24) is 4.90 Å². The van der Waals surface area contributed by atoms with Crippen LogP contribution in [0, 0.1) is 12.8 Å². The molecule has 3 aromatic carbocycles. The lowest BCUT2D eigenvalue weighted by Gasteiger charge is -2.28. The predicted octanol–water partition coefficient (Wildman–Crippen LogP) is 4.04. The molecule has 2 aliphatic rings. The van der Waals surface area contributed by atoms with E-state index in [2.05, 4.69) is 0 Å². The predicted molar refractivity (Wildman–Crippen MR) is 113 cm³/mol. The molecule has 0 saturated carbocycles. The van der Waals surface area contributed by atoms with Crippen LogP contribution in [0.5, 0.6) is 0 Å². The molecule has 5 nitrogen and oxygen atoms in total. The number of rotatable bonds is 4. The van der Waals surface area contributed by atoms with E-state index >= 15 is 0 Å². The number of hydroxylamine groups is 1. The summed E-state index contributed by atoms with van der Waals surface area (Å²) in [6, 6.07) is 26.9. The standard InChI is InChI=1S/C25H22N2O3/c1-17-12-14-19(15-13-17)22-21-23(30-27(22)20-10-6-3-7-11-20)25(29)26(24(21)28)16-18-8-4-2-5-9-18/h2-15,21-23H,16H2,1H3/t21-,22-,23-/m0/s1. The molecule has 0 spiro atoms. The van der Waals surface area contributed by atoms with Crippen LogP contribution in [0.4, 0.5) is 5.69 Å². The average Bonchev–Trinajstić information content (AvgIpc) is 3.28. The summed E-state index contributed by atoms with van der Waals surface area (Å²) in [7, 11) is 0. The molecule has 0 aliphatic carbocycles. The van der Waals surface area contributed by atoms with Crippen molar-refractivity contribution in [1.29, 1.82) is 0 Å². The third-order valence-corrected chi connectivity index (χ3v) is 5.82. The van der Waals surface area contributed by atoms with Gasteiger partial charge in [-0.05, 0) is 30.2 Å². The maximum absolute atomic E-state index is 13.4. The van der Waals surface area contributed by atoms with Crippen molar-refractivity contribution >= 4 is 17.5 Å². The third kappa shape index (κ3) is 3.08.